The summed E-state index contributed by atoms with van der Waals surface area (Å²) < 4.78 is 2.51. The zero-order valence-corrected chi connectivity index (χ0v) is 10.2. The van der Waals surface area contributed by atoms with Crippen LogP contribution in [0.3, 0.4) is 0 Å². The smallest absolute Gasteiger partial charge is 0.0955 e. The van der Waals surface area contributed by atoms with Crippen LogP contribution in [0.5, 0.6) is 0 Å². The van der Waals surface area contributed by atoms with Gasteiger partial charge >= 0.3 is 0 Å². The lowest BCUT2D eigenvalue weighted by Crippen LogP contribution is -2.48. The molecule has 2 bridgehead atoms. The Bertz CT molecular complexity index is 417. The molecule has 0 aliphatic carbocycles. The summed E-state index contributed by atoms with van der Waals surface area (Å²) in [4.78, 5) is 7.22. The normalized spacial score (nSPS) is 35.9. The second kappa shape index (κ2) is 3.82. The van der Waals surface area contributed by atoms with Gasteiger partial charge in [0.2, 0.25) is 0 Å². The van der Waals surface area contributed by atoms with Crippen molar-refractivity contribution in [1.82, 2.24) is 19.8 Å². The quantitative estimate of drug-likeness (QED) is 0.777. The second-order valence-electron chi connectivity index (χ2n) is 5.68. The average Bonchev–Trinajstić information content (AvgIpc) is 2.84. The molecule has 4 heteroatoms. The van der Waals surface area contributed by atoms with Gasteiger partial charge in [-0.05, 0) is 31.8 Å². The van der Waals surface area contributed by atoms with E-state index in [4.69, 9.17) is 0 Å². The standard InChI is InChI=1S/C13H20N4/c1-4-14-7-11-12(1)17(9-15-11)13-8-16-5-2-10(13)3-6-16/h9-10,13-14H,1-8H2. The minimum atomic E-state index is 0.701. The third kappa shape index (κ3) is 1.54. The highest BCUT2D eigenvalue weighted by Gasteiger charge is 2.36. The molecule has 4 nitrogen and oxygen atoms in total. The minimum absolute atomic E-state index is 0.701. The maximum atomic E-state index is 4.60. The molecule has 4 aliphatic rings. The number of piperidine rings is 3. The second-order valence-corrected chi connectivity index (χ2v) is 5.68. The molecule has 1 N–H and O–H groups in total. The molecule has 0 saturated carbocycles. The Morgan fingerprint density at radius 3 is 2.94 bits per heavy atom. The first-order valence-corrected chi connectivity index (χ1v) is 6.89. The fourth-order valence-electron chi connectivity index (χ4n) is 3.79. The van der Waals surface area contributed by atoms with Crippen molar-refractivity contribution in [3.05, 3.63) is 17.7 Å². The van der Waals surface area contributed by atoms with Gasteiger partial charge in [-0.15, -0.1) is 0 Å². The molecule has 0 aromatic carbocycles. The summed E-state index contributed by atoms with van der Waals surface area (Å²) in [6.45, 7) is 5.96. The van der Waals surface area contributed by atoms with Gasteiger partial charge in [0.15, 0.2) is 0 Å². The molecule has 0 spiro atoms. The van der Waals surface area contributed by atoms with Gasteiger partial charge in [0.05, 0.1) is 18.1 Å². The highest BCUT2D eigenvalue weighted by molar-refractivity contribution is 5.18. The Labute approximate surface area is 102 Å². The number of imidazole rings is 1. The monoisotopic (exact) mass is 232 g/mol. The van der Waals surface area contributed by atoms with E-state index in [2.05, 4.69) is 26.1 Å². The van der Waals surface area contributed by atoms with Crippen LogP contribution in [0.2, 0.25) is 0 Å². The first-order chi connectivity index (χ1) is 8.42. The van der Waals surface area contributed by atoms with Gasteiger partial charge in [0.25, 0.3) is 0 Å². The van der Waals surface area contributed by atoms with Gasteiger partial charge in [0, 0.05) is 31.7 Å². The molecule has 3 saturated heterocycles. The first-order valence-electron chi connectivity index (χ1n) is 6.89. The predicted octanol–water partition coefficient (Wildman–Crippen LogP) is 0.795. The highest BCUT2D eigenvalue weighted by atomic mass is 15.2. The van der Waals surface area contributed by atoms with Crippen LogP contribution < -0.4 is 5.32 Å². The molecular weight excluding hydrogens is 212 g/mol. The Morgan fingerprint density at radius 1 is 1.29 bits per heavy atom. The van der Waals surface area contributed by atoms with Crippen LogP contribution in [0, 0.1) is 5.92 Å². The fourth-order valence-corrected chi connectivity index (χ4v) is 3.79. The summed E-state index contributed by atoms with van der Waals surface area (Å²) in [6.07, 6.45) is 6.02. The zero-order chi connectivity index (χ0) is 11.2. The van der Waals surface area contributed by atoms with E-state index in [1.807, 2.05) is 0 Å². The fraction of sp³-hybridized carbons (Fsp3) is 0.769. The van der Waals surface area contributed by atoms with Crippen LogP contribution in [0.15, 0.2) is 6.33 Å². The average molecular weight is 232 g/mol. The topological polar surface area (TPSA) is 33.1 Å². The molecule has 4 aliphatic heterocycles. The van der Waals surface area contributed by atoms with Crippen LogP contribution >= 0.6 is 0 Å². The molecule has 1 aromatic heterocycles. The zero-order valence-electron chi connectivity index (χ0n) is 10.2. The summed E-state index contributed by atoms with van der Waals surface area (Å²) in [5.41, 5.74) is 2.79. The Balaban J connectivity index is 1.68. The highest BCUT2D eigenvalue weighted by Crippen LogP contribution is 2.36. The van der Waals surface area contributed by atoms with Gasteiger partial charge < -0.3 is 14.8 Å². The van der Waals surface area contributed by atoms with Crippen molar-refractivity contribution in [2.75, 3.05) is 26.2 Å². The van der Waals surface area contributed by atoms with Crippen molar-refractivity contribution in [2.24, 2.45) is 5.92 Å². The van der Waals surface area contributed by atoms with Gasteiger partial charge in [0.1, 0.15) is 0 Å². The molecule has 0 amide bonds. The molecule has 17 heavy (non-hydrogen) atoms. The molecular formula is C13H20N4. The summed E-state index contributed by atoms with van der Waals surface area (Å²) in [5.74, 6) is 0.896. The number of nitrogens with one attached hydrogen (secondary N) is 1. The SMILES string of the molecule is c1nc2c(n1C1CN3CCC1CC3)CCNC2. The maximum Gasteiger partial charge on any atom is 0.0955 e. The van der Waals surface area contributed by atoms with Gasteiger partial charge in [-0.3, -0.25) is 0 Å². The third-order valence-corrected chi connectivity index (χ3v) is 4.79. The minimum Gasteiger partial charge on any atom is -0.330 e. The van der Waals surface area contributed by atoms with E-state index in [9.17, 15) is 0 Å². The number of nitrogens with zero attached hydrogens (tertiary/aromatic N) is 3. The molecule has 1 aromatic rings. The lowest BCUT2D eigenvalue weighted by atomic mass is 9.83. The summed E-state index contributed by atoms with van der Waals surface area (Å²) >= 11 is 0. The van der Waals surface area contributed by atoms with Crippen molar-refractivity contribution in [1.29, 1.82) is 0 Å². The molecule has 1 atom stereocenters. The van der Waals surface area contributed by atoms with Crippen LogP contribution in [0.4, 0.5) is 0 Å². The van der Waals surface area contributed by atoms with E-state index in [0.29, 0.717) is 6.04 Å². The lowest BCUT2D eigenvalue weighted by molar-refractivity contribution is 0.0556. The van der Waals surface area contributed by atoms with Crippen molar-refractivity contribution in [3.63, 3.8) is 0 Å². The number of rotatable bonds is 1. The molecule has 0 radical (unpaired) electrons. The Kier molecular flexibility index (Phi) is 2.27. The number of hydrogen-bond acceptors (Lipinski definition) is 3. The van der Waals surface area contributed by atoms with Crippen LogP contribution in [0.1, 0.15) is 30.3 Å². The van der Waals surface area contributed by atoms with Crippen molar-refractivity contribution in [2.45, 2.75) is 31.8 Å². The Morgan fingerprint density at radius 2 is 2.18 bits per heavy atom. The molecule has 5 rings (SSSR count). The molecule has 92 valence electrons. The van der Waals surface area contributed by atoms with E-state index >= 15 is 0 Å². The predicted molar refractivity (Wildman–Crippen MR) is 65.8 cm³/mol. The van der Waals surface area contributed by atoms with Gasteiger partial charge in [-0.25, -0.2) is 4.98 Å². The van der Waals surface area contributed by atoms with Crippen molar-refractivity contribution >= 4 is 0 Å². The lowest BCUT2D eigenvalue weighted by Gasteiger charge is -2.45. The van der Waals surface area contributed by atoms with E-state index in [-0.39, 0.29) is 0 Å². The summed E-state index contributed by atoms with van der Waals surface area (Å²) in [7, 11) is 0. The van der Waals surface area contributed by atoms with E-state index < -0.39 is 0 Å². The van der Waals surface area contributed by atoms with Crippen LogP contribution in [0.25, 0.3) is 0 Å². The van der Waals surface area contributed by atoms with Crippen molar-refractivity contribution < 1.29 is 0 Å². The van der Waals surface area contributed by atoms with Crippen LogP contribution in [-0.2, 0) is 13.0 Å². The van der Waals surface area contributed by atoms with E-state index in [1.165, 1.54) is 43.9 Å². The maximum absolute atomic E-state index is 4.60. The van der Waals surface area contributed by atoms with E-state index in [0.717, 1.165) is 25.4 Å². The number of aromatic nitrogens is 2. The Hall–Kier alpha value is -0.870. The number of fused-ring (bicyclic) bond motifs is 4. The van der Waals surface area contributed by atoms with Gasteiger partial charge in [-0.1, -0.05) is 0 Å². The molecule has 5 heterocycles. The largest absolute Gasteiger partial charge is 0.330 e. The summed E-state index contributed by atoms with van der Waals surface area (Å²) in [5, 5.41) is 3.40. The summed E-state index contributed by atoms with van der Waals surface area (Å²) in [6, 6.07) is 0.701. The van der Waals surface area contributed by atoms with Gasteiger partial charge in [-0.2, -0.15) is 0 Å². The molecule has 1 unspecified atom stereocenters. The van der Waals surface area contributed by atoms with Crippen LogP contribution in [-0.4, -0.2) is 40.6 Å². The van der Waals surface area contributed by atoms with Crippen molar-refractivity contribution in [3.8, 4) is 0 Å². The molecule has 3 fully saturated rings. The first kappa shape index (κ1) is 10.1. The third-order valence-electron chi connectivity index (χ3n) is 4.79. The number of hydrogen-bond donors (Lipinski definition) is 1. The van der Waals surface area contributed by atoms with E-state index in [1.54, 1.807) is 0 Å².